The van der Waals surface area contributed by atoms with Crippen molar-refractivity contribution in [2.45, 2.75) is 13.5 Å². The molecule has 0 amide bonds. The summed E-state index contributed by atoms with van der Waals surface area (Å²) in [4.78, 5) is 25.3. The Hall–Kier alpha value is -2.97. The molecule has 1 heterocycles. The molecule has 2 rings (SSSR count). The smallest absolute Gasteiger partial charge is 0.338 e. The minimum absolute atomic E-state index is 0.00796. The highest BCUT2D eigenvalue weighted by Crippen LogP contribution is 2.28. The van der Waals surface area contributed by atoms with Crippen molar-refractivity contribution < 1.29 is 19.3 Å². The van der Waals surface area contributed by atoms with E-state index in [-0.39, 0.29) is 29.4 Å². The monoisotopic (exact) mass is 278 g/mol. The number of nitrogens with zero attached hydrogens (tertiary/aromatic N) is 3. The van der Waals surface area contributed by atoms with Crippen molar-refractivity contribution >= 4 is 17.3 Å². The maximum atomic E-state index is 11.1. The lowest BCUT2D eigenvalue weighted by Crippen LogP contribution is -2.09. The predicted molar refractivity (Wildman–Crippen MR) is 66.4 cm³/mol. The summed E-state index contributed by atoms with van der Waals surface area (Å²) in [5.41, 5.74) is -0.627. The Morgan fingerprint density at radius 3 is 2.85 bits per heavy atom. The molecule has 2 N–H and O–H groups in total. The zero-order valence-electron chi connectivity index (χ0n) is 10.4. The number of nitrogens with one attached hydrogen (secondary N) is 1. The first kappa shape index (κ1) is 13.5. The molecular weight excluding hydrogens is 268 g/mol. The molecule has 0 spiro atoms. The maximum absolute atomic E-state index is 11.1. The van der Waals surface area contributed by atoms with Crippen LogP contribution in [0.5, 0.6) is 0 Å². The van der Waals surface area contributed by atoms with Crippen LogP contribution in [-0.4, -0.2) is 26.1 Å². The minimum atomic E-state index is -1.27. The van der Waals surface area contributed by atoms with Crippen LogP contribution in [0.4, 0.5) is 11.4 Å². The molecule has 9 nitrogen and oxygen atoms in total. The van der Waals surface area contributed by atoms with E-state index in [9.17, 15) is 14.9 Å². The fourth-order valence-electron chi connectivity index (χ4n) is 1.63. The number of nitro groups is 1. The Morgan fingerprint density at radius 1 is 1.55 bits per heavy atom. The average molecular weight is 278 g/mol. The lowest BCUT2D eigenvalue weighted by atomic mass is 10.1. The molecule has 0 radical (unpaired) electrons. The SMILES string of the molecule is Cc1noc(CNc2c(C(=O)O)cccc2[N+](=O)[O-])n1. The van der Waals surface area contributed by atoms with Gasteiger partial charge in [0, 0.05) is 6.07 Å². The molecule has 0 unspecified atom stereocenters. The first-order valence-corrected chi connectivity index (χ1v) is 5.53. The molecule has 104 valence electrons. The number of benzene rings is 1. The largest absolute Gasteiger partial charge is 0.478 e. The standard InChI is InChI=1S/C11H10N4O5/c1-6-13-9(20-14-6)5-12-10-7(11(16)17)3-2-4-8(10)15(18)19/h2-4,12H,5H2,1H3,(H,16,17). The quantitative estimate of drug-likeness (QED) is 0.622. The van der Waals surface area contributed by atoms with Gasteiger partial charge in [-0.2, -0.15) is 4.98 Å². The molecule has 9 heteroatoms. The molecule has 0 aliphatic rings. The summed E-state index contributed by atoms with van der Waals surface area (Å²) in [6.07, 6.45) is 0. The molecular formula is C11H10N4O5. The van der Waals surface area contributed by atoms with Gasteiger partial charge in [-0.15, -0.1) is 0 Å². The van der Waals surface area contributed by atoms with E-state index in [2.05, 4.69) is 15.5 Å². The van der Waals surface area contributed by atoms with Gasteiger partial charge in [0.25, 0.3) is 5.69 Å². The Morgan fingerprint density at radius 2 is 2.30 bits per heavy atom. The highest BCUT2D eigenvalue weighted by atomic mass is 16.6. The van der Waals surface area contributed by atoms with Crippen molar-refractivity contribution in [2.75, 3.05) is 5.32 Å². The molecule has 0 atom stereocenters. The second kappa shape index (κ2) is 5.34. The van der Waals surface area contributed by atoms with E-state index in [1.165, 1.54) is 18.2 Å². The molecule has 0 fully saturated rings. The molecule has 0 saturated heterocycles. The molecule has 2 aromatic rings. The molecule has 1 aromatic carbocycles. The second-order valence-electron chi connectivity index (χ2n) is 3.85. The Labute approximate surface area is 112 Å². The van der Waals surface area contributed by atoms with E-state index in [1.807, 2.05) is 0 Å². The Kier molecular flexibility index (Phi) is 3.60. The zero-order chi connectivity index (χ0) is 14.7. The van der Waals surface area contributed by atoms with Gasteiger partial charge in [-0.05, 0) is 13.0 Å². The average Bonchev–Trinajstić information content (AvgIpc) is 2.81. The Bertz CT molecular complexity index is 634. The topological polar surface area (TPSA) is 131 Å². The van der Waals surface area contributed by atoms with E-state index >= 15 is 0 Å². The van der Waals surface area contributed by atoms with Gasteiger partial charge in [0.2, 0.25) is 5.89 Å². The number of nitro benzene ring substituents is 1. The molecule has 0 saturated carbocycles. The van der Waals surface area contributed by atoms with E-state index in [1.54, 1.807) is 6.92 Å². The summed E-state index contributed by atoms with van der Waals surface area (Å²) in [6, 6.07) is 3.80. The van der Waals surface area contributed by atoms with Crippen LogP contribution in [-0.2, 0) is 6.54 Å². The highest BCUT2D eigenvalue weighted by Gasteiger charge is 2.21. The lowest BCUT2D eigenvalue weighted by molar-refractivity contribution is -0.384. The maximum Gasteiger partial charge on any atom is 0.338 e. The fourth-order valence-corrected chi connectivity index (χ4v) is 1.63. The van der Waals surface area contributed by atoms with Crippen LogP contribution in [0.2, 0.25) is 0 Å². The van der Waals surface area contributed by atoms with Crippen LogP contribution < -0.4 is 5.32 Å². The van der Waals surface area contributed by atoms with E-state index in [4.69, 9.17) is 9.63 Å². The van der Waals surface area contributed by atoms with Crippen LogP contribution >= 0.6 is 0 Å². The van der Waals surface area contributed by atoms with E-state index in [0.717, 1.165) is 0 Å². The minimum Gasteiger partial charge on any atom is -0.478 e. The van der Waals surface area contributed by atoms with Crippen LogP contribution in [0.25, 0.3) is 0 Å². The summed E-state index contributed by atoms with van der Waals surface area (Å²) in [7, 11) is 0. The molecule has 20 heavy (non-hydrogen) atoms. The summed E-state index contributed by atoms with van der Waals surface area (Å²) >= 11 is 0. The lowest BCUT2D eigenvalue weighted by Gasteiger charge is -2.07. The third-order valence-corrected chi connectivity index (χ3v) is 2.46. The number of aromatic nitrogens is 2. The first-order chi connectivity index (χ1) is 9.49. The first-order valence-electron chi connectivity index (χ1n) is 5.53. The molecule has 0 aliphatic heterocycles. The van der Waals surface area contributed by atoms with Gasteiger partial charge in [-0.1, -0.05) is 11.2 Å². The van der Waals surface area contributed by atoms with Crippen LogP contribution in [0.15, 0.2) is 22.7 Å². The van der Waals surface area contributed by atoms with Crippen molar-refractivity contribution in [3.63, 3.8) is 0 Å². The summed E-state index contributed by atoms with van der Waals surface area (Å²) in [6.45, 7) is 1.62. The van der Waals surface area contributed by atoms with Gasteiger partial charge in [0.1, 0.15) is 5.69 Å². The van der Waals surface area contributed by atoms with Gasteiger partial charge in [0.05, 0.1) is 17.0 Å². The number of carboxylic acid groups (broad SMARTS) is 1. The third kappa shape index (κ3) is 2.71. The van der Waals surface area contributed by atoms with Gasteiger partial charge in [-0.25, -0.2) is 4.79 Å². The molecule has 0 aliphatic carbocycles. The number of carbonyl (C=O) groups is 1. The van der Waals surface area contributed by atoms with Crippen molar-refractivity contribution in [3.8, 4) is 0 Å². The number of hydrogen-bond donors (Lipinski definition) is 2. The number of rotatable bonds is 5. The molecule has 1 aromatic heterocycles. The van der Waals surface area contributed by atoms with Crippen molar-refractivity contribution in [1.82, 2.24) is 10.1 Å². The zero-order valence-corrected chi connectivity index (χ0v) is 10.4. The summed E-state index contributed by atoms with van der Waals surface area (Å²) in [5.74, 6) is -0.641. The van der Waals surface area contributed by atoms with Gasteiger partial charge >= 0.3 is 5.97 Å². The predicted octanol–water partition coefficient (Wildman–Crippen LogP) is 1.60. The van der Waals surface area contributed by atoms with Crippen molar-refractivity contribution in [2.24, 2.45) is 0 Å². The van der Waals surface area contributed by atoms with E-state index < -0.39 is 10.9 Å². The van der Waals surface area contributed by atoms with Gasteiger partial charge in [0.15, 0.2) is 5.82 Å². The number of para-hydroxylation sites is 1. The van der Waals surface area contributed by atoms with E-state index in [0.29, 0.717) is 5.82 Å². The number of carboxylic acids is 1. The number of aryl methyl sites for hydroxylation is 1. The summed E-state index contributed by atoms with van der Waals surface area (Å²) < 4.78 is 4.85. The highest BCUT2D eigenvalue weighted by molar-refractivity contribution is 5.96. The normalized spacial score (nSPS) is 10.2. The van der Waals surface area contributed by atoms with Gasteiger partial charge in [-0.3, -0.25) is 10.1 Å². The van der Waals surface area contributed by atoms with Crippen molar-refractivity contribution in [3.05, 3.63) is 45.6 Å². The van der Waals surface area contributed by atoms with Crippen LogP contribution in [0.3, 0.4) is 0 Å². The number of anilines is 1. The third-order valence-electron chi connectivity index (χ3n) is 2.46. The number of hydrogen-bond acceptors (Lipinski definition) is 7. The fraction of sp³-hybridized carbons (Fsp3) is 0.182. The molecule has 0 bridgehead atoms. The van der Waals surface area contributed by atoms with Crippen molar-refractivity contribution in [1.29, 1.82) is 0 Å². The summed E-state index contributed by atoms with van der Waals surface area (Å²) in [5, 5.41) is 26.2. The second-order valence-corrected chi connectivity index (χ2v) is 3.85. The van der Waals surface area contributed by atoms with Crippen LogP contribution in [0, 0.1) is 17.0 Å². The Balaban J connectivity index is 2.32. The number of aromatic carboxylic acids is 1. The van der Waals surface area contributed by atoms with Gasteiger partial charge < -0.3 is 14.9 Å². The van der Waals surface area contributed by atoms with Crippen LogP contribution in [0.1, 0.15) is 22.1 Å².